The number of nitrogens with two attached hydrogens (primary N) is 2. The first-order chi connectivity index (χ1) is 6.19. The van der Waals surface area contributed by atoms with Crippen LogP contribution >= 0.6 is 23.5 Å². The Morgan fingerprint density at radius 3 is 2.31 bits per heavy atom. The van der Waals surface area contributed by atoms with Gasteiger partial charge in [-0.2, -0.15) is 0 Å². The first-order valence-corrected chi connectivity index (χ1v) is 6.37. The van der Waals surface area contributed by atoms with Gasteiger partial charge in [-0.1, -0.05) is 6.07 Å². The van der Waals surface area contributed by atoms with Crippen molar-refractivity contribution in [1.82, 2.24) is 0 Å². The van der Waals surface area contributed by atoms with E-state index in [0.29, 0.717) is 0 Å². The van der Waals surface area contributed by atoms with Gasteiger partial charge < -0.3 is 11.5 Å². The van der Waals surface area contributed by atoms with Gasteiger partial charge in [-0.15, -0.1) is 23.5 Å². The molecule has 2 nitrogen and oxygen atoms in total. The smallest absolute Gasteiger partial charge is 0.0795 e. The van der Waals surface area contributed by atoms with E-state index in [1.54, 1.807) is 23.5 Å². The summed E-state index contributed by atoms with van der Waals surface area (Å²) < 4.78 is 0. The molecule has 0 fully saturated rings. The maximum absolute atomic E-state index is 5.64. The lowest BCUT2D eigenvalue weighted by atomic mass is 10.2. The van der Waals surface area contributed by atoms with E-state index < -0.39 is 0 Å². The fourth-order valence-electron chi connectivity index (χ4n) is 1.09. The summed E-state index contributed by atoms with van der Waals surface area (Å²) in [6, 6.07) is 6.17. The number of rotatable bonds is 3. The van der Waals surface area contributed by atoms with Crippen LogP contribution in [0.2, 0.25) is 0 Å². The van der Waals surface area contributed by atoms with Gasteiger partial charge in [-0.25, -0.2) is 0 Å². The first kappa shape index (κ1) is 10.9. The van der Waals surface area contributed by atoms with Gasteiger partial charge in [0.15, 0.2) is 0 Å². The summed E-state index contributed by atoms with van der Waals surface area (Å²) in [6.07, 6.45) is 3.71. The summed E-state index contributed by atoms with van der Waals surface area (Å²) in [7, 11) is 0. The SMILES string of the molecule is CSc1ccc(C(N)N)c(SC)c1. The Kier molecular flexibility index (Phi) is 4.12. The van der Waals surface area contributed by atoms with Crippen molar-refractivity contribution < 1.29 is 0 Å². The molecule has 0 atom stereocenters. The summed E-state index contributed by atoms with van der Waals surface area (Å²) in [6.45, 7) is 0. The monoisotopic (exact) mass is 214 g/mol. The molecule has 1 aromatic rings. The summed E-state index contributed by atoms with van der Waals surface area (Å²) in [5.41, 5.74) is 12.3. The first-order valence-electron chi connectivity index (χ1n) is 3.92. The molecular weight excluding hydrogens is 200 g/mol. The summed E-state index contributed by atoms with van der Waals surface area (Å²) >= 11 is 3.40. The average Bonchev–Trinajstić information content (AvgIpc) is 2.16. The topological polar surface area (TPSA) is 52.0 Å². The van der Waals surface area contributed by atoms with Crippen LogP contribution in [0, 0.1) is 0 Å². The largest absolute Gasteiger partial charge is 0.312 e. The molecule has 0 bridgehead atoms. The van der Waals surface area contributed by atoms with Gasteiger partial charge in [-0.05, 0) is 30.2 Å². The predicted octanol–water partition coefficient (Wildman–Crippen LogP) is 2.05. The third-order valence-corrected chi connectivity index (χ3v) is 3.32. The molecule has 0 radical (unpaired) electrons. The molecule has 72 valence electrons. The molecule has 0 aliphatic heterocycles. The van der Waals surface area contributed by atoms with E-state index >= 15 is 0 Å². The van der Waals surface area contributed by atoms with Crippen LogP contribution < -0.4 is 11.5 Å². The quantitative estimate of drug-likeness (QED) is 0.597. The highest BCUT2D eigenvalue weighted by atomic mass is 32.2. The number of hydrogen-bond acceptors (Lipinski definition) is 4. The highest BCUT2D eigenvalue weighted by Gasteiger charge is 2.06. The van der Waals surface area contributed by atoms with Crippen molar-refractivity contribution in [2.75, 3.05) is 12.5 Å². The van der Waals surface area contributed by atoms with Crippen molar-refractivity contribution in [3.05, 3.63) is 23.8 Å². The van der Waals surface area contributed by atoms with Crippen LogP contribution in [0.4, 0.5) is 0 Å². The van der Waals surface area contributed by atoms with Crippen LogP contribution in [-0.4, -0.2) is 12.5 Å². The van der Waals surface area contributed by atoms with Gasteiger partial charge in [0.1, 0.15) is 0 Å². The highest BCUT2D eigenvalue weighted by molar-refractivity contribution is 7.99. The molecule has 0 aromatic heterocycles. The van der Waals surface area contributed by atoms with E-state index in [4.69, 9.17) is 11.5 Å². The molecule has 0 saturated carbocycles. The molecule has 4 heteroatoms. The second-order valence-corrected chi connectivity index (χ2v) is 4.36. The van der Waals surface area contributed by atoms with E-state index in [1.807, 2.05) is 18.4 Å². The van der Waals surface area contributed by atoms with Crippen molar-refractivity contribution in [2.45, 2.75) is 16.0 Å². The Hall–Kier alpha value is -0.160. The molecule has 0 spiro atoms. The second kappa shape index (κ2) is 4.91. The van der Waals surface area contributed by atoms with E-state index in [-0.39, 0.29) is 6.17 Å². The fraction of sp³-hybridized carbons (Fsp3) is 0.333. The zero-order valence-electron chi connectivity index (χ0n) is 7.78. The van der Waals surface area contributed by atoms with E-state index in [9.17, 15) is 0 Å². The van der Waals surface area contributed by atoms with E-state index in [1.165, 1.54) is 9.79 Å². The molecule has 1 aromatic carbocycles. The van der Waals surface area contributed by atoms with Crippen LogP contribution in [0.25, 0.3) is 0 Å². The molecule has 4 N–H and O–H groups in total. The average molecular weight is 214 g/mol. The lowest BCUT2D eigenvalue weighted by Gasteiger charge is -2.11. The molecule has 0 unspecified atom stereocenters. The summed E-state index contributed by atoms with van der Waals surface area (Å²) in [5.74, 6) is 0. The normalized spacial score (nSPS) is 10.8. The standard InChI is InChI=1S/C9H14N2S2/c1-12-6-3-4-7(9(10)11)8(5-6)13-2/h3-5,9H,10-11H2,1-2H3. The van der Waals surface area contributed by atoms with Crippen LogP contribution in [0.5, 0.6) is 0 Å². The van der Waals surface area contributed by atoms with Gasteiger partial charge in [0.25, 0.3) is 0 Å². The molecule has 0 aliphatic carbocycles. The van der Waals surface area contributed by atoms with Gasteiger partial charge in [0.05, 0.1) is 6.17 Å². The zero-order valence-corrected chi connectivity index (χ0v) is 9.41. The van der Waals surface area contributed by atoms with Gasteiger partial charge in [-0.3, -0.25) is 0 Å². The van der Waals surface area contributed by atoms with E-state index in [2.05, 4.69) is 12.3 Å². The molecular formula is C9H14N2S2. The van der Waals surface area contributed by atoms with E-state index in [0.717, 1.165) is 5.56 Å². The second-order valence-electron chi connectivity index (χ2n) is 2.63. The molecule has 0 aliphatic rings. The van der Waals surface area contributed by atoms with Crippen LogP contribution in [0.1, 0.15) is 11.7 Å². The van der Waals surface area contributed by atoms with Gasteiger partial charge >= 0.3 is 0 Å². The van der Waals surface area contributed by atoms with Crippen molar-refractivity contribution in [3.63, 3.8) is 0 Å². The Labute approximate surface area is 87.5 Å². The van der Waals surface area contributed by atoms with Crippen molar-refractivity contribution >= 4 is 23.5 Å². The highest BCUT2D eigenvalue weighted by Crippen LogP contribution is 2.27. The lowest BCUT2D eigenvalue weighted by Crippen LogP contribution is -2.20. The third kappa shape index (κ3) is 2.64. The maximum atomic E-state index is 5.64. The van der Waals surface area contributed by atoms with Crippen molar-refractivity contribution in [2.24, 2.45) is 11.5 Å². The minimum absolute atomic E-state index is 0.377. The molecule has 0 heterocycles. The molecule has 0 saturated heterocycles. The van der Waals surface area contributed by atoms with Crippen molar-refractivity contribution in [3.8, 4) is 0 Å². The minimum Gasteiger partial charge on any atom is -0.312 e. The van der Waals surface area contributed by atoms with Gasteiger partial charge in [0.2, 0.25) is 0 Å². The van der Waals surface area contributed by atoms with Gasteiger partial charge in [0, 0.05) is 9.79 Å². The Balaban J connectivity index is 3.08. The van der Waals surface area contributed by atoms with Crippen LogP contribution in [-0.2, 0) is 0 Å². The zero-order chi connectivity index (χ0) is 9.84. The molecule has 1 rings (SSSR count). The van der Waals surface area contributed by atoms with Crippen LogP contribution in [0.3, 0.4) is 0 Å². The number of thioether (sulfide) groups is 2. The van der Waals surface area contributed by atoms with Crippen LogP contribution in [0.15, 0.2) is 28.0 Å². The summed E-state index contributed by atoms with van der Waals surface area (Å²) in [4.78, 5) is 2.41. The third-order valence-electron chi connectivity index (χ3n) is 1.80. The fourth-order valence-corrected chi connectivity index (χ4v) is 2.29. The Morgan fingerprint density at radius 1 is 1.15 bits per heavy atom. The predicted molar refractivity (Wildman–Crippen MR) is 61.1 cm³/mol. The summed E-state index contributed by atoms with van der Waals surface area (Å²) in [5, 5.41) is 0. The number of benzene rings is 1. The molecule has 0 amide bonds. The van der Waals surface area contributed by atoms with Crippen molar-refractivity contribution in [1.29, 1.82) is 0 Å². The lowest BCUT2D eigenvalue weighted by molar-refractivity contribution is 0.754. The maximum Gasteiger partial charge on any atom is 0.0795 e. The minimum atomic E-state index is -0.377. The number of hydrogen-bond donors (Lipinski definition) is 2. The molecule has 13 heavy (non-hydrogen) atoms. The Bertz CT molecular complexity index is 287. The Morgan fingerprint density at radius 2 is 1.85 bits per heavy atom.